The van der Waals surface area contributed by atoms with Gasteiger partial charge in [-0.25, -0.2) is 9.78 Å². The molecule has 126 valence electrons. The van der Waals surface area contributed by atoms with Crippen LogP contribution < -0.4 is 5.73 Å². The van der Waals surface area contributed by atoms with E-state index in [0.717, 1.165) is 10.6 Å². The maximum atomic E-state index is 12.7. The molecule has 2 bridgehead atoms. The Kier molecular flexibility index (Phi) is 3.74. The number of ether oxygens (including phenoxy) is 1. The standard InChI is InChI=1S/C15H22N4O3S/c1-8(20)18-6-9-5-10-12(23-13(16)17-10)11(7-18)19(9)14(21)22-15(2,3)4/h9,11H,5-7H2,1-4H3,(H2,16,17)/t9-,11-/m1/s1. The number of fused-ring (bicyclic) bond motifs is 4. The molecule has 2 N–H and O–H groups in total. The van der Waals surface area contributed by atoms with Crippen molar-refractivity contribution in [3.63, 3.8) is 0 Å². The highest BCUT2D eigenvalue weighted by Gasteiger charge is 2.46. The van der Waals surface area contributed by atoms with Gasteiger partial charge in [0.1, 0.15) is 5.60 Å². The first-order chi connectivity index (χ1) is 10.7. The number of piperazine rings is 1. The third-order valence-electron chi connectivity index (χ3n) is 4.08. The molecule has 0 spiro atoms. The van der Waals surface area contributed by atoms with Crippen molar-refractivity contribution in [2.75, 3.05) is 18.8 Å². The number of nitrogens with two attached hydrogens (primary N) is 1. The predicted molar refractivity (Wildman–Crippen MR) is 87.1 cm³/mol. The minimum atomic E-state index is -0.557. The molecule has 0 aromatic carbocycles. The van der Waals surface area contributed by atoms with Crippen LogP contribution in [0.1, 0.15) is 44.3 Å². The largest absolute Gasteiger partial charge is 0.444 e. The number of thiazole rings is 1. The van der Waals surface area contributed by atoms with Gasteiger partial charge < -0.3 is 15.4 Å². The summed E-state index contributed by atoms with van der Waals surface area (Å²) < 4.78 is 5.57. The highest BCUT2D eigenvalue weighted by Crippen LogP contribution is 2.41. The lowest BCUT2D eigenvalue weighted by Crippen LogP contribution is -2.60. The van der Waals surface area contributed by atoms with Gasteiger partial charge in [-0.2, -0.15) is 0 Å². The fraction of sp³-hybridized carbons (Fsp3) is 0.667. The minimum absolute atomic E-state index is 0.0183. The first-order valence-electron chi connectivity index (χ1n) is 7.67. The quantitative estimate of drug-likeness (QED) is 0.779. The lowest BCUT2D eigenvalue weighted by Gasteiger charge is -2.48. The fourth-order valence-corrected chi connectivity index (χ4v) is 4.15. The van der Waals surface area contributed by atoms with E-state index in [4.69, 9.17) is 10.5 Å². The third-order valence-corrected chi connectivity index (χ3v) is 5.11. The molecule has 23 heavy (non-hydrogen) atoms. The molecule has 2 amide bonds. The van der Waals surface area contributed by atoms with Gasteiger partial charge in [0.25, 0.3) is 0 Å². The number of carbonyl (C=O) groups excluding carboxylic acids is 2. The van der Waals surface area contributed by atoms with Gasteiger partial charge in [0.15, 0.2) is 5.13 Å². The second kappa shape index (κ2) is 5.36. The van der Waals surface area contributed by atoms with Crippen molar-refractivity contribution in [3.8, 4) is 0 Å². The van der Waals surface area contributed by atoms with Crippen LogP contribution in [0.4, 0.5) is 9.93 Å². The minimum Gasteiger partial charge on any atom is -0.444 e. The highest BCUT2D eigenvalue weighted by molar-refractivity contribution is 7.15. The fourth-order valence-electron chi connectivity index (χ4n) is 3.20. The van der Waals surface area contributed by atoms with Crippen LogP contribution in [0.15, 0.2) is 0 Å². The van der Waals surface area contributed by atoms with Crippen molar-refractivity contribution in [2.45, 2.75) is 51.8 Å². The molecule has 8 heteroatoms. The first kappa shape index (κ1) is 16.0. The van der Waals surface area contributed by atoms with E-state index >= 15 is 0 Å². The van der Waals surface area contributed by atoms with E-state index in [9.17, 15) is 9.59 Å². The number of carbonyl (C=O) groups is 2. The number of nitrogen functional groups attached to an aromatic ring is 1. The maximum Gasteiger partial charge on any atom is 0.411 e. The second-order valence-corrected chi connectivity index (χ2v) is 8.11. The van der Waals surface area contributed by atoms with E-state index in [-0.39, 0.29) is 24.1 Å². The van der Waals surface area contributed by atoms with Crippen LogP contribution in [-0.2, 0) is 16.0 Å². The number of hydrogen-bond donors (Lipinski definition) is 1. The summed E-state index contributed by atoms with van der Waals surface area (Å²) in [4.78, 5) is 33.4. The summed E-state index contributed by atoms with van der Waals surface area (Å²) in [6.07, 6.45) is 0.260. The predicted octanol–water partition coefficient (Wildman–Crippen LogP) is 1.79. The monoisotopic (exact) mass is 338 g/mol. The molecule has 2 atom stereocenters. The number of anilines is 1. The first-order valence-corrected chi connectivity index (χ1v) is 8.49. The molecule has 0 radical (unpaired) electrons. The van der Waals surface area contributed by atoms with Gasteiger partial charge in [0, 0.05) is 26.4 Å². The third kappa shape index (κ3) is 2.99. The smallest absolute Gasteiger partial charge is 0.411 e. The molecule has 7 nitrogen and oxygen atoms in total. The van der Waals surface area contributed by atoms with Crippen molar-refractivity contribution >= 4 is 28.5 Å². The molecule has 3 heterocycles. The normalized spacial score (nSPS) is 23.5. The lowest BCUT2D eigenvalue weighted by molar-refractivity contribution is -0.134. The van der Waals surface area contributed by atoms with Gasteiger partial charge in [0.2, 0.25) is 5.91 Å². The summed E-state index contributed by atoms with van der Waals surface area (Å²) in [6, 6.07) is -0.354. The van der Waals surface area contributed by atoms with Crippen molar-refractivity contribution in [1.29, 1.82) is 0 Å². The molecule has 0 aliphatic carbocycles. The topological polar surface area (TPSA) is 88.8 Å². The van der Waals surface area contributed by atoms with E-state index in [0.29, 0.717) is 24.6 Å². The Morgan fingerprint density at radius 2 is 2.04 bits per heavy atom. The van der Waals surface area contributed by atoms with Crippen LogP contribution in [-0.4, -0.2) is 51.5 Å². The van der Waals surface area contributed by atoms with E-state index in [1.807, 2.05) is 20.8 Å². The molecule has 1 aromatic rings. The van der Waals surface area contributed by atoms with E-state index < -0.39 is 5.60 Å². The van der Waals surface area contributed by atoms with E-state index in [1.165, 1.54) is 11.3 Å². The average molecular weight is 338 g/mol. The number of nitrogens with zero attached hydrogens (tertiary/aromatic N) is 3. The van der Waals surface area contributed by atoms with Gasteiger partial charge in [-0.15, -0.1) is 0 Å². The Bertz CT molecular complexity index is 652. The molecule has 0 unspecified atom stereocenters. The van der Waals surface area contributed by atoms with Crippen LogP contribution >= 0.6 is 11.3 Å². The molecule has 0 saturated carbocycles. The van der Waals surface area contributed by atoms with Crippen LogP contribution in [0, 0.1) is 0 Å². The molecular formula is C15H22N4O3S. The van der Waals surface area contributed by atoms with Crippen LogP contribution in [0.25, 0.3) is 0 Å². The van der Waals surface area contributed by atoms with Crippen molar-refractivity contribution in [1.82, 2.24) is 14.8 Å². The summed E-state index contributed by atoms with van der Waals surface area (Å²) in [7, 11) is 0. The molecule has 1 fully saturated rings. The summed E-state index contributed by atoms with van der Waals surface area (Å²) in [5.74, 6) is 0.0183. The summed E-state index contributed by atoms with van der Waals surface area (Å²) in [5.41, 5.74) is 6.24. The SMILES string of the molecule is CC(=O)N1C[C@H]2Cc3nc(N)sc3[C@@H](C1)N2C(=O)OC(C)(C)C. The molecule has 2 aliphatic heterocycles. The molecule has 3 rings (SSSR count). The summed E-state index contributed by atoms with van der Waals surface area (Å²) in [6.45, 7) is 8.07. The molecule has 1 aromatic heterocycles. The zero-order chi connectivity index (χ0) is 16.9. The van der Waals surface area contributed by atoms with Gasteiger partial charge >= 0.3 is 6.09 Å². The Morgan fingerprint density at radius 1 is 1.35 bits per heavy atom. The van der Waals surface area contributed by atoms with Gasteiger partial charge in [0.05, 0.1) is 22.7 Å². The number of amides is 2. The summed E-state index contributed by atoms with van der Waals surface area (Å²) in [5, 5.41) is 0.501. The van der Waals surface area contributed by atoms with E-state index in [1.54, 1.807) is 16.7 Å². The van der Waals surface area contributed by atoms with Crippen LogP contribution in [0.5, 0.6) is 0 Å². The van der Waals surface area contributed by atoms with Crippen molar-refractivity contribution in [2.24, 2.45) is 0 Å². The average Bonchev–Trinajstić information content (AvgIpc) is 2.75. The van der Waals surface area contributed by atoms with Crippen molar-refractivity contribution in [3.05, 3.63) is 10.6 Å². The number of hydrogen-bond acceptors (Lipinski definition) is 6. The molecule has 1 saturated heterocycles. The maximum absolute atomic E-state index is 12.7. The van der Waals surface area contributed by atoms with Gasteiger partial charge in [-0.1, -0.05) is 11.3 Å². The Labute approximate surface area is 139 Å². The zero-order valence-corrected chi connectivity index (χ0v) is 14.6. The van der Waals surface area contributed by atoms with Crippen molar-refractivity contribution < 1.29 is 14.3 Å². The second-order valence-electron chi connectivity index (χ2n) is 7.05. The molecule has 2 aliphatic rings. The Morgan fingerprint density at radius 3 is 2.65 bits per heavy atom. The Hall–Kier alpha value is -1.83. The van der Waals surface area contributed by atoms with E-state index in [2.05, 4.69) is 4.98 Å². The van der Waals surface area contributed by atoms with Gasteiger partial charge in [-0.3, -0.25) is 9.69 Å². The summed E-state index contributed by atoms with van der Waals surface area (Å²) >= 11 is 1.39. The zero-order valence-electron chi connectivity index (χ0n) is 13.8. The van der Waals surface area contributed by atoms with Crippen LogP contribution in [0.3, 0.4) is 0 Å². The van der Waals surface area contributed by atoms with Crippen LogP contribution in [0.2, 0.25) is 0 Å². The molecular weight excluding hydrogens is 316 g/mol. The lowest BCUT2D eigenvalue weighted by atomic mass is 9.93. The number of aromatic nitrogens is 1. The Balaban J connectivity index is 1.95. The highest BCUT2D eigenvalue weighted by atomic mass is 32.1. The number of rotatable bonds is 0. The van der Waals surface area contributed by atoms with Gasteiger partial charge in [-0.05, 0) is 20.8 Å².